The van der Waals surface area contributed by atoms with Crippen LogP contribution in [0.25, 0.3) is 5.52 Å². The topological polar surface area (TPSA) is 92.9 Å². The number of fused-ring (bicyclic) bond motifs is 1. The van der Waals surface area contributed by atoms with Crippen LogP contribution in [0.3, 0.4) is 0 Å². The van der Waals surface area contributed by atoms with Gasteiger partial charge in [0.15, 0.2) is 5.69 Å². The largest absolute Gasteiger partial charge is 0.476 e. The lowest BCUT2D eigenvalue weighted by atomic mass is 10.3. The molecule has 0 aromatic carbocycles. The van der Waals surface area contributed by atoms with E-state index in [4.69, 9.17) is 9.84 Å². The summed E-state index contributed by atoms with van der Waals surface area (Å²) in [6.45, 7) is 3.47. The van der Waals surface area contributed by atoms with E-state index in [1.807, 2.05) is 0 Å². The van der Waals surface area contributed by atoms with E-state index < -0.39 is 12.1 Å². The molecule has 0 bridgehead atoms. The van der Waals surface area contributed by atoms with Crippen molar-refractivity contribution in [3.05, 3.63) is 42.7 Å². The first kappa shape index (κ1) is 12.6. The predicted octanol–water partition coefficient (Wildman–Crippen LogP) is 1.77. The molecule has 0 aliphatic rings. The number of nitrogens with one attached hydrogen (secondary N) is 1. The Morgan fingerprint density at radius 1 is 1.53 bits per heavy atom. The Bertz CT molecular complexity index is 647. The van der Waals surface area contributed by atoms with E-state index in [-0.39, 0.29) is 18.2 Å². The van der Waals surface area contributed by atoms with Crippen LogP contribution in [0.1, 0.15) is 10.5 Å². The van der Waals surface area contributed by atoms with Crippen molar-refractivity contribution in [3.63, 3.8) is 0 Å². The Kier molecular flexibility index (Phi) is 3.46. The van der Waals surface area contributed by atoms with Crippen molar-refractivity contribution in [2.24, 2.45) is 0 Å². The minimum atomic E-state index is -1.17. The van der Waals surface area contributed by atoms with E-state index in [0.717, 1.165) is 0 Å². The van der Waals surface area contributed by atoms with Gasteiger partial charge >= 0.3 is 12.1 Å². The van der Waals surface area contributed by atoms with Crippen molar-refractivity contribution < 1.29 is 19.4 Å². The number of carboxylic acids is 1. The molecule has 0 saturated heterocycles. The summed E-state index contributed by atoms with van der Waals surface area (Å²) in [4.78, 5) is 26.3. The van der Waals surface area contributed by atoms with Crippen LogP contribution in [0.5, 0.6) is 0 Å². The minimum Gasteiger partial charge on any atom is -0.476 e. The van der Waals surface area contributed by atoms with Gasteiger partial charge in [-0.2, -0.15) is 0 Å². The van der Waals surface area contributed by atoms with Crippen molar-refractivity contribution in [3.8, 4) is 0 Å². The lowest BCUT2D eigenvalue weighted by molar-refractivity contribution is 0.0693. The molecule has 2 heterocycles. The quantitative estimate of drug-likeness (QED) is 0.818. The van der Waals surface area contributed by atoms with Gasteiger partial charge in [-0.05, 0) is 12.1 Å². The summed E-state index contributed by atoms with van der Waals surface area (Å²) in [6.07, 6.45) is 2.29. The third-order valence-corrected chi connectivity index (χ3v) is 2.30. The van der Waals surface area contributed by atoms with Gasteiger partial charge in [-0.3, -0.25) is 9.72 Å². The number of imidazole rings is 1. The van der Waals surface area contributed by atoms with Gasteiger partial charge in [-0.15, -0.1) is 0 Å². The number of hydrogen-bond acceptors (Lipinski definition) is 4. The van der Waals surface area contributed by atoms with Crippen LogP contribution >= 0.6 is 0 Å². The molecule has 1 amide bonds. The monoisotopic (exact) mass is 261 g/mol. The van der Waals surface area contributed by atoms with Gasteiger partial charge in [-0.1, -0.05) is 18.7 Å². The molecule has 7 nitrogen and oxygen atoms in total. The third-order valence-electron chi connectivity index (χ3n) is 2.30. The summed E-state index contributed by atoms with van der Waals surface area (Å²) < 4.78 is 6.20. The smallest absolute Gasteiger partial charge is 0.414 e. The van der Waals surface area contributed by atoms with Gasteiger partial charge in [0.25, 0.3) is 0 Å². The maximum atomic E-state index is 11.4. The highest BCUT2D eigenvalue weighted by Crippen LogP contribution is 2.16. The molecule has 0 saturated carbocycles. The lowest BCUT2D eigenvalue weighted by Gasteiger charge is -2.03. The van der Waals surface area contributed by atoms with Crippen LogP contribution in [0, 0.1) is 0 Å². The number of hydrogen-bond donors (Lipinski definition) is 2. The molecule has 0 aliphatic heterocycles. The SMILES string of the molecule is C=CCOC(=O)Nc1nc(C(=O)O)c2ccccn12. The average molecular weight is 261 g/mol. The Morgan fingerprint density at radius 2 is 2.32 bits per heavy atom. The van der Waals surface area contributed by atoms with Crippen LogP contribution in [-0.4, -0.2) is 33.2 Å². The molecular formula is C12H11N3O4. The molecule has 2 aromatic rings. The highest BCUT2D eigenvalue weighted by molar-refractivity contribution is 5.95. The molecular weight excluding hydrogens is 250 g/mol. The molecule has 0 fully saturated rings. The Morgan fingerprint density at radius 3 is 3.00 bits per heavy atom. The lowest BCUT2D eigenvalue weighted by Crippen LogP contribution is -2.15. The second kappa shape index (κ2) is 5.21. The number of aromatic nitrogens is 2. The first-order valence-corrected chi connectivity index (χ1v) is 5.38. The van der Waals surface area contributed by atoms with Gasteiger partial charge < -0.3 is 9.84 Å². The highest BCUT2D eigenvalue weighted by atomic mass is 16.5. The van der Waals surface area contributed by atoms with E-state index >= 15 is 0 Å². The van der Waals surface area contributed by atoms with Gasteiger partial charge in [0.2, 0.25) is 5.95 Å². The normalized spacial score (nSPS) is 10.1. The molecule has 0 atom stereocenters. The predicted molar refractivity (Wildman–Crippen MR) is 67.3 cm³/mol. The fraction of sp³-hybridized carbons (Fsp3) is 0.0833. The molecule has 0 aliphatic carbocycles. The van der Waals surface area contributed by atoms with Crippen LogP contribution in [-0.2, 0) is 4.74 Å². The van der Waals surface area contributed by atoms with E-state index in [9.17, 15) is 9.59 Å². The summed E-state index contributed by atoms with van der Waals surface area (Å²) in [5.41, 5.74) is 0.244. The number of aromatic carboxylic acids is 1. The fourth-order valence-electron chi connectivity index (χ4n) is 1.55. The maximum Gasteiger partial charge on any atom is 0.414 e. The number of amides is 1. The van der Waals surface area contributed by atoms with Gasteiger partial charge in [0.1, 0.15) is 6.61 Å². The molecule has 98 valence electrons. The number of nitrogens with zero attached hydrogens (tertiary/aromatic N) is 2. The van der Waals surface area contributed by atoms with Crippen molar-refractivity contribution in [2.45, 2.75) is 0 Å². The molecule has 0 spiro atoms. The number of carboxylic acid groups (broad SMARTS) is 1. The molecule has 7 heteroatoms. The summed E-state index contributed by atoms with van der Waals surface area (Å²) in [7, 11) is 0. The van der Waals surface area contributed by atoms with Gasteiger partial charge in [0, 0.05) is 6.20 Å². The Balaban J connectivity index is 2.35. The second-order valence-electron chi connectivity index (χ2n) is 3.56. The van der Waals surface area contributed by atoms with Gasteiger partial charge in [-0.25, -0.2) is 14.6 Å². The summed E-state index contributed by atoms with van der Waals surface area (Å²) in [5.74, 6) is -1.08. The number of anilines is 1. The first-order valence-electron chi connectivity index (χ1n) is 5.38. The summed E-state index contributed by atoms with van der Waals surface area (Å²) >= 11 is 0. The number of carbonyl (C=O) groups is 2. The number of ether oxygens (including phenoxy) is 1. The molecule has 0 unspecified atom stereocenters. The maximum absolute atomic E-state index is 11.4. The minimum absolute atomic E-state index is 0.0565. The number of carbonyl (C=O) groups excluding carboxylic acids is 1. The van der Waals surface area contributed by atoms with Crippen molar-refractivity contribution >= 4 is 23.5 Å². The molecule has 2 N–H and O–H groups in total. The van der Waals surface area contributed by atoms with Crippen molar-refractivity contribution in [1.82, 2.24) is 9.38 Å². The van der Waals surface area contributed by atoms with Crippen LogP contribution in [0.15, 0.2) is 37.1 Å². The van der Waals surface area contributed by atoms with E-state index in [1.54, 1.807) is 24.4 Å². The third kappa shape index (κ3) is 2.54. The summed E-state index contributed by atoms with van der Waals surface area (Å²) in [5, 5.41) is 11.4. The van der Waals surface area contributed by atoms with Gasteiger partial charge in [0.05, 0.1) is 5.52 Å². The zero-order valence-electron chi connectivity index (χ0n) is 9.87. The second-order valence-corrected chi connectivity index (χ2v) is 3.56. The number of rotatable bonds is 4. The first-order chi connectivity index (χ1) is 9.13. The number of pyridine rings is 1. The molecule has 2 rings (SSSR count). The Hall–Kier alpha value is -2.83. The zero-order chi connectivity index (χ0) is 13.8. The van der Waals surface area contributed by atoms with Crippen LogP contribution in [0.2, 0.25) is 0 Å². The standard InChI is InChI=1S/C12H11N3O4/c1-2-7-19-12(18)14-11-13-9(10(16)17)8-5-3-4-6-15(8)11/h2-6H,1,7H2,(H,16,17)(H,13,14,18). The highest BCUT2D eigenvalue weighted by Gasteiger charge is 2.17. The van der Waals surface area contributed by atoms with Crippen molar-refractivity contribution in [1.29, 1.82) is 0 Å². The van der Waals surface area contributed by atoms with E-state index in [1.165, 1.54) is 10.5 Å². The average Bonchev–Trinajstić information content (AvgIpc) is 2.76. The van der Waals surface area contributed by atoms with E-state index in [0.29, 0.717) is 5.52 Å². The molecule has 2 aromatic heterocycles. The molecule has 0 radical (unpaired) electrons. The van der Waals surface area contributed by atoms with E-state index in [2.05, 4.69) is 16.9 Å². The van der Waals surface area contributed by atoms with Crippen molar-refractivity contribution in [2.75, 3.05) is 11.9 Å². The van der Waals surface area contributed by atoms with Crippen LogP contribution < -0.4 is 5.32 Å². The zero-order valence-corrected chi connectivity index (χ0v) is 9.87. The van der Waals surface area contributed by atoms with Crippen LogP contribution in [0.4, 0.5) is 10.7 Å². The fourth-order valence-corrected chi connectivity index (χ4v) is 1.55. The molecule has 19 heavy (non-hydrogen) atoms. The summed E-state index contributed by atoms with van der Waals surface area (Å²) in [6, 6.07) is 4.97. The Labute approximate surface area is 108 Å².